The van der Waals surface area contributed by atoms with E-state index in [2.05, 4.69) is 0 Å². The topological polar surface area (TPSA) is 46.2 Å². The predicted molar refractivity (Wildman–Crippen MR) is 52.8 cm³/mol. The molecule has 0 spiro atoms. The van der Waals surface area contributed by atoms with Crippen molar-refractivity contribution in [2.24, 2.45) is 5.73 Å². The van der Waals surface area contributed by atoms with Gasteiger partial charge in [-0.1, -0.05) is 11.6 Å². The second kappa shape index (κ2) is 3.11. The SMILES string of the molecule is NC1(c2c(Cl)ccc(F)c2O)CCC1. The molecule has 1 saturated carbocycles. The molecule has 2 nitrogen and oxygen atoms in total. The summed E-state index contributed by atoms with van der Waals surface area (Å²) in [5.41, 5.74) is 5.70. The van der Waals surface area contributed by atoms with E-state index in [1.54, 1.807) is 0 Å². The number of rotatable bonds is 1. The monoisotopic (exact) mass is 215 g/mol. The van der Waals surface area contributed by atoms with Crippen molar-refractivity contribution in [3.63, 3.8) is 0 Å². The first-order valence-electron chi connectivity index (χ1n) is 4.51. The van der Waals surface area contributed by atoms with E-state index in [0.29, 0.717) is 10.6 Å². The summed E-state index contributed by atoms with van der Waals surface area (Å²) in [5.74, 6) is -1.07. The highest BCUT2D eigenvalue weighted by Crippen LogP contribution is 2.46. The Kier molecular flexibility index (Phi) is 2.16. The van der Waals surface area contributed by atoms with Crippen molar-refractivity contribution in [2.75, 3.05) is 0 Å². The smallest absolute Gasteiger partial charge is 0.165 e. The lowest BCUT2D eigenvalue weighted by molar-refractivity contribution is 0.243. The van der Waals surface area contributed by atoms with Gasteiger partial charge in [-0.15, -0.1) is 0 Å². The number of phenolic OH excluding ortho intramolecular Hbond substituents is 1. The van der Waals surface area contributed by atoms with Crippen molar-refractivity contribution in [3.8, 4) is 5.75 Å². The maximum absolute atomic E-state index is 13.1. The molecule has 1 aromatic carbocycles. The third-order valence-electron chi connectivity index (χ3n) is 2.82. The molecule has 1 fully saturated rings. The normalized spacial score (nSPS) is 19.1. The van der Waals surface area contributed by atoms with Crippen molar-refractivity contribution < 1.29 is 9.50 Å². The van der Waals surface area contributed by atoms with Crippen LogP contribution in [-0.4, -0.2) is 5.11 Å². The molecule has 0 atom stereocenters. The number of halogens is 2. The van der Waals surface area contributed by atoms with Gasteiger partial charge in [-0.05, 0) is 31.4 Å². The molecular formula is C10H11ClFNO. The minimum absolute atomic E-state index is 0.339. The summed E-state index contributed by atoms with van der Waals surface area (Å²) in [7, 11) is 0. The van der Waals surface area contributed by atoms with Crippen molar-refractivity contribution in [2.45, 2.75) is 24.8 Å². The zero-order valence-electron chi connectivity index (χ0n) is 7.56. The maximum Gasteiger partial charge on any atom is 0.165 e. The first kappa shape index (κ1) is 9.74. The van der Waals surface area contributed by atoms with Gasteiger partial charge < -0.3 is 10.8 Å². The summed E-state index contributed by atoms with van der Waals surface area (Å²) in [5, 5.41) is 9.88. The highest BCUT2D eigenvalue weighted by atomic mass is 35.5. The van der Waals surface area contributed by atoms with Crippen molar-refractivity contribution >= 4 is 11.6 Å². The quantitative estimate of drug-likeness (QED) is 0.756. The number of benzene rings is 1. The molecule has 1 aliphatic carbocycles. The van der Waals surface area contributed by atoms with Crippen LogP contribution >= 0.6 is 11.6 Å². The van der Waals surface area contributed by atoms with Gasteiger partial charge in [0.25, 0.3) is 0 Å². The van der Waals surface area contributed by atoms with Gasteiger partial charge >= 0.3 is 0 Å². The van der Waals surface area contributed by atoms with E-state index in [1.807, 2.05) is 0 Å². The highest BCUT2D eigenvalue weighted by molar-refractivity contribution is 6.31. The molecule has 0 aromatic heterocycles. The van der Waals surface area contributed by atoms with E-state index in [-0.39, 0.29) is 0 Å². The number of phenols is 1. The summed E-state index contributed by atoms with van der Waals surface area (Å²) in [4.78, 5) is 0. The van der Waals surface area contributed by atoms with Gasteiger partial charge in [0, 0.05) is 16.1 Å². The summed E-state index contributed by atoms with van der Waals surface area (Å²) in [6, 6.07) is 2.57. The van der Waals surface area contributed by atoms with Gasteiger partial charge in [-0.2, -0.15) is 0 Å². The second-order valence-corrected chi connectivity index (χ2v) is 4.17. The zero-order valence-corrected chi connectivity index (χ0v) is 8.31. The van der Waals surface area contributed by atoms with Gasteiger partial charge in [0.05, 0.1) is 0 Å². The molecule has 3 N–H and O–H groups in total. The maximum atomic E-state index is 13.1. The van der Waals surface area contributed by atoms with Gasteiger partial charge in [-0.3, -0.25) is 0 Å². The zero-order chi connectivity index (χ0) is 10.3. The Balaban J connectivity index is 2.56. The first-order valence-corrected chi connectivity index (χ1v) is 4.89. The van der Waals surface area contributed by atoms with Crippen molar-refractivity contribution in [1.82, 2.24) is 0 Å². The Morgan fingerprint density at radius 1 is 1.43 bits per heavy atom. The first-order chi connectivity index (χ1) is 6.54. The van der Waals surface area contributed by atoms with Crippen LogP contribution in [0, 0.1) is 5.82 Å². The second-order valence-electron chi connectivity index (χ2n) is 3.76. The molecule has 14 heavy (non-hydrogen) atoms. The molecule has 76 valence electrons. The van der Waals surface area contributed by atoms with Crippen LogP contribution in [-0.2, 0) is 5.54 Å². The molecular weight excluding hydrogens is 205 g/mol. The Morgan fingerprint density at radius 3 is 2.57 bits per heavy atom. The molecule has 0 bridgehead atoms. The van der Waals surface area contributed by atoms with Crippen molar-refractivity contribution in [1.29, 1.82) is 0 Å². The number of nitrogens with two attached hydrogens (primary N) is 1. The Hall–Kier alpha value is -0.800. The van der Waals surface area contributed by atoms with Crippen LogP contribution in [0.3, 0.4) is 0 Å². The fourth-order valence-corrected chi connectivity index (χ4v) is 2.16. The largest absolute Gasteiger partial charge is 0.505 e. The average Bonchev–Trinajstić information content (AvgIpc) is 2.09. The molecule has 0 aliphatic heterocycles. The molecule has 0 heterocycles. The predicted octanol–water partition coefficient (Wildman–Crippen LogP) is 2.52. The minimum Gasteiger partial charge on any atom is -0.505 e. The lowest BCUT2D eigenvalue weighted by atomic mass is 9.72. The lowest BCUT2D eigenvalue weighted by Crippen LogP contribution is -2.43. The Morgan fingerprint density at radius 2 is 2.07 bits per heavy atom. The Bertz CT molecular complexity index is 377. The molecule has 1 aliphatic rings. The van der Waals surface area contributed by atoms with Crippen molar-refractivity contribution in [3.05, 3.63) is 28.5 Å². The van der Waals surface area contributed by atoms with E-state index < -0.39 is 17.1 Å². The summed E-state index contributed by atoms with van der Waals surface area (Å²) >= 11 is 5.89. The fraction of sp³-hybridized carbons (Fsp3) is 0.400. The number of hydrogen-bond acceptors (Lipinski definition) is 2. The third-order valence-corrected chi connectivity index (χ3v) is 3.14. The molecule has 0 radical (unpaired) electrons. The number of aromatic hydroxyl groups is 1. The van der Waals surface area contributed by atoms with E-state index in [1.165, 1.54) is 6.07 Å². The van der Waals surface area contributed by atoms with E-state index in [9.17, 15) is 9.50 Å². The van der Waals surface area contributed by atoms with Gasteiger partial charge in [0.15, 0.2) is 11.6 Å². The molecule has 4 heteroatoms. The van der Waals surface area contributed by atoms with Crippen LogP contribution < -0.4 is 5.73 Å². The van der Waals surface area contributed by atoms with Crippen LogP contribution in [0.25, 0.3) is 0 Å². The third kappa shape index (κ3) is 1.28. The van der Waals surface area contributed by atoms with E-state index in [4.69, 9.17) is 17.3 Å². The summed E-state index contributed by atoms with van der Waals surface area (Å²) in [6.45, 7) is 0. The van der Waals surface area contributed by atoms with Crippen LogP contribution in [0.5, 0.6) is 5.75 Å². The highest BCUT2D eigenvalue weighted by Gasteiger charge is 2.38. The van der Waals surface area contributed by atoms with E-state index >= 15 is 0 Å². The van der Waals surface area contributed by atoms with Crippen LogP contribution in [0.4, 0.5) is 4.39 Å². The minimum atomic E-state index is -0.666. The molecule has 0 unspecified atom stereocenters. The summed E-state index contributed by atoms with van der Waals surface area (Å²) in [6.07, 6.45) is 2.47. The molecule has 0 amide bonds. The lowest BCUT2D eigenvalue weighted by Gasteiger charge is -2.39. The fourth-order valence-electron chi connectivity index (χ4n) is 1.82. The summed E-state index contributed by atoms with van der Waals surface area (Å²) < 4.78 is 13.1. The standard InChI is InChI=1S/C10H11ClFNO/c11-6-2-3-7(12)9(14)8(6)10(13)4-1-5-10/h2-3,14H,1,4-5,13H2. The van der Waals surface area contributed by atoms with Crippen LogP contribution in [0.2, 0.25) is 5.02 Å². The van der Waals surface area contributed by atoms with Crippen LogP contribution in [0.1, 0.15) is 24.8 Å². The van der Waals surface area contributed by atoms with Gasteiger partial charge in [-0.25, -0.2) is 4.39 Å². The van der Waals surface area contributed by atoms with E-state index in [0.717, 1.165) is 25.3 Å². The molecule has 0 saturated heterocycles. The van der Waals surface area contributed by atoms with Gasteiger partial charge in [0.1, 0.15) is 0 Å². The molecule has 1 aromatic rings. The number of hydrogen-bond donors (Lipinski definition) is 2. The van der Waals surface area contributed by atoms with Crippen LogP contribution in [0.15, 0.2) is 12.1 Å². The Labute approximate surface area is 86.5 Å². The average molecular weight is 216 g/mol. The molecule has 2 rings (SSSR count). The van der Waals surface area contributed by atoms with Gasteiger partial charge in [0.2, 0.25) is 0 Å².